The standard InChI is InChI=1S/C19H24N4O3/c1-25-16-8-6-7-15(17(16)26-2)18(24)21-13-14-9-10-20-19(22-14)23-11-4-3-5-12-23/h6-10H,3-5,11-13H2,1-2H3,(H,21,24). The summed E-state index contributed by atoms with van der Waals surface area (Å²) in [6, 6.07) is 7.03. The third-order valence-corrected chi connectivity index (χ3v) is 4.42. The van der Waals surface area contributed by atoms with E-state index in [1.54, 1.807) is 31.5 Å². The molecule has 0 aliphatic carbocycles. The molecule has 7 nitrogen and oxygen atoms in total. The van der Waals surface area contributed by atoms with Gasteiger partial charge in [0.1, 0.15) is 0 Å². The zero-order valence-corrected chi connectivity index (χ0v) is 15.2. The highest BCUT2D eigenvalue weighted by atomic mass is 16.5. The molecule has 0 radical (unpaired) electrons. The van der Waals surface area contributed by atoms with Gasteiger partial charge < -0.3 is 19.7 Å². The van der Waals surface area contributed by atoms with Crippen LogP contribution in [0.15, 0.2) is 30.5 Å². The monoisotopic (exact) mass is 356 g/mol. The minimum atomic E-state index is -0.237. The van der Waals surface area contributed by atoms with Crippen molar-refractivity contribution in [2.75, 3.05) is 32.2 Å². The molecule has 138 valence electrons. The van der Waals surface area contributed by atoms with Crippen LogP contribution in [0.5, 0.6) is 11.5 Å². The second-order valence-corrected chi connectivity index (χ2v) is 6.12. The van der Waals surface area contributed by atoms with E-state index >= 15 is 0 Å². The molecule has 2 aromatic rings. The van der Waals surface area contributed by atoms with Crippen molar-refractivity contribution in [3.8, 4) is 11.5 Å². The molecule has 26 heavy (non-hydrogen) atoms. The Morgan fingerprint density at radius 1 is 1.15 bits per heavy atom. The van der Waals surface area contributed by atoms with Gasteiger partial charge in [-0.3, -0.25) is 4.79 Å². The maximum absolute atomic E-state index is 12.6. The Morgan fingerprint density at radius 2 is 1.96 bits per heavy atom. The second-order valence-electron chi connectivity index (χ2n) is 6.12. The molecule has 1 saturated heterocycles. The van der Waals surface area contributed by atoms with Crippen LogP contribution in [0.3, 0.4) is 0 Å². The quantitative estimate of drug-likeness (QED) is 0.857. The summed E-state index contributed by atoms with van der Waals surface area (Å²) in [6.45, 7) is 2.29. The number of anilines is 1. The van der Waals surface area contributed by atoms with Crippen LogP contribution in [0.1, 0.15) is 35.3 Å². The molecule has 1 aliphatic rings. The van der Waals surface area contributed by atoms with E-state index in [4.69, 9.17) is 9.47 Å². The van der Waals surface area contributed by atoms with E-state index < -0.39 is 0 Å². The first-order chi connectivity index (χ1) is 12.7. The van der Waals surface area contributed by atoms with Gasteiger partial charge in [0.15, 0.2) is 11.5 Å². The molecule has 0 unspecified atom stereocenters. The average molecular weight is 356 g/mol. The Kier molecular flexibility index (Phi) is 5.88. The number of hydrogen-bond donors (Lipinski definition) is 1. The van der Waals surface area contributed by atoms with Crippen molar-refractivity contribution < 1.29 is 14.3 Å². The fourth-order valence-electron chi connectivity index (χ4n) is 3.06. The van der Waals surface area contributed by atoms with Crippen LogP contribution in [-0.2, 0) is 6.54 Å². The molecule has 1 aromatic carbocycles. The molecule has 1 aromatic heterocycles. The topological polar surface area (TPSA) is 76.6 Å². The van der Waals surface area contributed by atoms with E-state index in [1.165, 1.54) is 26.4 Å². The Balaban J connectivity index is 1.68. The summed E-state index contributed by atoms with van der Waals surface area (Å²) in [5.74, 6) is 1.44. The number of carbonyl (C=O) groups is 1. The number of carbonyl (C=O) groups excluding carboxylic acids is 1. The molecule has 1 aliphatic heterocycles. The van der Waals surface area contributed by atoms with Gasteiger partial charge in [0.2, 0.25) is 5.95 Å². The molecule has 1 amide bonds. The number of benzene rings is 1. The van der Waals surface area contributed by atoms with Gasteiger partial charge in [-0.25, -0.2) is 9.97 Å². The van der Waals surface area contributed by atoms with Gasteiger partial charge in [-0.2, -0.15) is 0 Å². The zero-order chi connectivity index (χ0) is 18.4. The first-order valence-electron chi connectivity index (χ1n) is 8.79. The van der Waals surface area contributed by atoms with Crippen LogP contribution in [0, 0.1) is 0 Å². The van der Waals surface area contributed by atoms with Gasteiger partial charge in [0, 0.05) is 19.3 Å². The maximum atomic E-state index is 12.6. The van der Waals surface area contributed by atoms with Crippen LogP contribution in [0.25, 0.3) is 0 Å². The molecular weight excluding hydrogens is 332 g/mol. The lowest BCUT2D eigenvalue weighted by atomic mass is 10.1. The highest BCUT2D eigenvalue weighted by molar-refractivity contribution is 5.97. The molecule has 2 heterocycles. The minimum absolute atomic E-state index is 0.237. The summed E-state index contributed by atoms with van der Waals surface area (Å²) in [5.41, 5.74) is 1.20. The minimum Gasteiger partial charge on any atom is -0.493 e. The zero-order valence-electron chi connectivity index (χ0n) is 15.2. The molecule has 3 rings (SSSR count). The molecule has 1 fully saturated rings. The van der Waals surface area contributed by atoms with E-state index in [-0.39, 0.29) is 5.91 Å². The van der Waals surface area contributed by atoms with Gasteiger partial charge in [-0.15, -0.1) is 0 Å². The highest BCUT2D eigenvalue weighted by Gasteiger charge is 2.17. The largest absolute Gasteiger partial charge is 0.493 e. The molecular formula is C19H24N4O3. The number of methoxy groups -OCH3 is 2. The molecule has 0 atom stereocenters. The van der Waals surface area contributed by atoms with E-state index in [0.29, 0.717) is 23.6 Å². The second kappa shape index (κ2) is 8.51. The van der Waals surface area contributed by atoms with E-state index in [9.17, 15) is 4.79 Å². The SMILES string of the molecule is COc1cccc(C(=O)NCc2ccnc(N3CCCCC3)n2)c1OC. The third-order valence-electron chi connectivity index (χ3n) is 4.42. The van der Waals surface area contributed by atoms with Crippen LogP contribution >= 0.6 is 0 Å². The Labute approximate surface area is 153 Å². The van der Waals surface area contributed by atoms with Crippen molar-refractivity contribution in [1.82, 2.24) is 15.3 Å². The van der Waals surface area contributed by atoms with E-state index in [1.807, 2.05) is 6.07 Å². The maximum Gasteiger partial charge on any atom is 0.255 e. The lowest BCUT2D eigenvalue weighted by molar-refractivity contribution is 0.0946. The van der Waals surface area contributed by atoms with Crippen LogP contribution in [-0.4, -0.2) is 43.2 Å². The Hall–Kier alpha value is -2.83. The predicted octanol–water partition coefficient (Wildman–Crippen LogP) is 2.41. The summed E-state index contributed by atoms with van der Waals surface area (Å²) < 4.78 is 10.6. The molecule has 7 heteroatoms. The summed E-state index contributed by atoms with van der Waals surface area (Å²) in [4.78, 5) is 23.7. The van der Waals surface area contributed by atoms with Gasteiger partial charge in [0.25, 0.3) is 5.91 Å². The van der Waals surface area contributed by atoms with Crippen molar-refractivity contribution in [3.63, 3.8) is 0 Å². The van der Waals surface area contributed by atoms with Crippen molar-refractivity contribution in [2.24, 2.45) is 0 Å². The number of nitrogens with zero attached hydrogens (tertiary/aromatic N) is 3. The summed E-state index contributed by atoms with van der Waals surface area (Å²) >= 11 is 0. The lowest BCUT2D eigenvalue weighted by Gasteiger charge is -2.26. The molecule has 0 bridgehead atoms. The Morgan fingerprint density at radius 3 is 2.69 bits per heavy atom. The fourth-order valence-corrected chi connectivity index (χ4v) is 3.06. The smallest absolute Gasteiger partial charge is 0.255 e. The van der Waals surface area contributed by atoms with Gasteiger partial charge in [-0.1, -0.05) is 6.07 Å². The number of nitrogens with one attached hydrogen (secondary N) is 1. The first kappa shape index (κ1) is 18.0. The van der Waals surface area contributed by atoms with E-state index in [2.05, 4.69) is 20.2 Å². The van der Waals surface area contributed by atoms with E-state index in [0.717, 1.165) is 24.7 Å². The van der Waals surface area contributed by atoms with Gasteiger partial charge in [-0.05, 0) is 37.5 Å². The molecule has 0 spiro atoms. The van der Waals surface area contributed by atoms with Crippen molar-refractivity contribution in [2.45, 2.75) is 25.8 Å². The highest BCUT2D eigenvalue weighted by Crippen LogP contribution is 2.30. The van der Waals surface area contributed by atoms with Crippen LogP contribution in [0.2, 0.25) is 0 Å². The summed E-state index contributed by atoms with van der Waals surface area (Å²) in [6.07, 6.45) is 5.33. The molecule has 1 N–H and O–H groups in total. The normalized spacial score (nSPS) is 14.0. The number of amides is 1. The number of rotatable bonds is 6. The summed E-state index contributed by atoms with van der Waals surface area (Å²) in [5, 5.41) is 2.89. The summed E-state index contributed by atoms with van der Waals surface area (Å²) in [7, 11) is 3.06. The van der Waals surface area contributed by atoms with Crippen molar-refractivity contribution >= 4 is 11.9 Å². The number of ether oxygens (including phenoxy) is 2. The number of piperidine rings is 1. The Bertz CT molecular complexity index is 760. The lowest BCUT2D eigenvalue weighted by Crippen LogP contribution is -2.31. The van der Waals surface area contributed by atoms with Gasteiger partial charge in [0.05, 0.1) is 32.0 Å². The first-order valence-corrected chi connectivity index (χ1v) is 8.79. The van der Waals surface area contributed by atoms with Crippen LogP contribution < -0.4 is 19.7 Å². The average Bonchev–Trinajstić information content (AvgIpc) is 2.72. The number of aromatic nitrogens is 2. The van der Waals surface area contributed by atoms with Crippen LogP contribution in [0.4, 0.5) is 5.95 Å². The predicted molar refractivity (Wildman–Crippen MR) is 98.8 cm³/mol. The number of para-hydroxylation sites is 1. The molecule has 0 saturated carbocycles. The number of hydrogen-bond acceptors (Lipinski definition) is 6. The van der Waals surface area contributed by atoms with Crippen molar-refractivity contribution in [1.29, 1.82) is 0 Å². The fraction of sp³-hybridized carbons (Fsp3) is 0.421. The van der Waals surface area contributed by atoms with Crippen molar-refractivity contribution in [3.05, 3.63) is 41.7 Å². The van der Waals surface area contributed by atoms with Gasteiger partial charge >= 0.3 is 0 Å². The third kappa shape index (κ3) is 4.04.